The van der Waals surface area contributed by atoms with Crippen molar-refractivity contribution >= 4 is 109 Å². The van der Waals surface area contributed by atoms with Crippen molar-refractivity contribution in [2.75, 3.05) is 6.54 Å². The van der Waals surface area contributed by atoms with Crippen molar-refractivity contribution < 1.29 is 9.90 Å². The summed E-state index contributed by atoms with van der Waals surface area (Å²) in [6.45, 7) is -0.278. The molecule has 0 aromatic carbocycles. The molecule has 7 heavy (non-hydrogen) atoms. The second-order valence-corrected chi connectivity index (χ2v) is 0.598. The van der Waals surface area contributed by atoms with Crippen LogP contribution in [-0.4, -0.2) is 120 Å². The molecule has 0 saturated heterocycles. The Labute approximate surface area is 127 Å². The SMILES string of the molecule is NCC(=O)O.[K].[K]. The first-order valence-electron chi connectivity index (χ1n) is 1.19. The molecule has 0 spiro atoms. The molecule has 0 atom stereocenters. The minimum Gasteiger partial charge on any atom is -0.480 e. The summed E-state index contributed by atoms with van der Waals surface area (Å²) in [7, 11) is 0. The van der Waals surface area contributed by atoms with E-state index in [9.17, 15) is 4.79 Å². The number of carbonyl (C=O) groups is 1. The van der Waals surface area contributed by atoms with Crippen LogP contribution in [0.15, 0.2) is 0 Å². The van der Waals surface area contributed by atoms with Crippen LogP contribution >= 0.6 is 0 Å². The average Bonchev–Trinajstić information content (AvgIpc) is 1.38. The molecule has 0 aliphatic heterocycles. The van der Waals surface area contributed by atoms with Gasteiger partial charge in [0.15, 0.2) is 0 Å². The summed E-state index contributed by atoms with van der Waals surface area (Å²) in [5, 5.41) is 7.60. The molecule has 0 aromatic rings. The van der Waals surface area contributed by atoms with Crippen LogP contribution in [0.25, 0.3) is 0 Å². The van der Waals surface area contributed by atoms with Gasteiger partial charge in [-0.25, -0.2) is 0 Å². The summed E-state index contributed by atoms with van der Waals surface area (Å²) >= 11 is 0. The Kier molecular flexibility index (Phi) is 26.9. The van der Waals surface area contributed by atoms with E-state index in [2.05, 4.69) is 5.73 Å². The predicted octanol–water partition coefficient (Wildman–Crippen LogP) is -1.73. The maximum absolute atomic E-state index is 9.24. The third-order valence-corrected chi connectivity index (χ3v) is 0.175. The molecule has 0 unspecified atom stereocenters. The zero-order valence-corrected chi connectivity index (χ0v) is 10.9. The molecule has 0 aliphatic rings. The molecule has 0 aliphatic carbocycles. The van der Waals surface area contributed by atoms with E-state index in [1.54, 1.807) is 0 Å². The molecule has 32 valence electrons. The molecule has 3 nitrogen and oxygen atoms in total. The molecular formula is C2H5K2NO2. The van der Waals surface area contributed by atoms with E-state index in [1.165, 1.54) is 0 Å². The Bertz CT molecular complexity index is 49.0. The van der Waals surface area contributed by atoms with Gasteiger partial charge in [0.1, 0.15) is 0 Å². The van der Waals surface area contributed by atoms with Gasteiger partial charge in [0.2, 0.25) is 0 Å². The van der Waals surface area contributed by atoms with Gasteiger partial charge in [-0.15, -0.1) is 0 Å². The Morgan fingerprint density at radius 3 is 1.71 bits per heavy atom. The van der Waals surface area contributed by atoms with E-state index in [-0.39, 0.29) is 109 Å². The third-order valence-electron chi connectivity index (χ3n) is 0.175. The zero-order chi connectivity index (χ0) is 4.28. The first-order valence-corrected chi connectivity index (χ1v) is 1.19. The normalized spacial score (nSPS) is 5.29. The van der Waals surface area contributed by atoms with Crippen LogP contribution < -0.4 is 5.73 Å². The molecule has 0 saturated carbocycles. The fourth-order valence-corrected chi connectivity index (χ4v) is 0. The Hall–Kier alpha value is 2.70. The van der Waals surface area contributed by atoms with E-state index >= 15 is 0 Å². The van der Waals surface area contributed by atoms with Gasteiger partial charge in [0, 0.05) is 103 Å². The molecule has 0 fully saturated rings. The van der Waals surface area contributed by atoms with E-state index in [0.29, 0.717) is 0 Å². The number of nitrogens with two attached hydrogens (primary N) is 1. The summed E-state index contributed by atoms with van der Waals surface area (Å²) in [6, 6.07) is 0. The number of carboxylic acid groups (broad SMARTS) is 1. The third kappa shape index (κ3) is 17.7. The van der Waals surface area contributed by atoms with Gasteiger partial charge in [0.25, 0.3) is 0 Å². The average molecular weight is 153 g/mol. The molecule has 0 aromatic heterocycles. The van der Waals surface area contributed by atoms with Crippen molar-refractivity contribution in [2.24, 2.45) is 5.73 Å². The fraction of sp³-hybridized carbons (Fsp3) is 0.500. The summed E-state index contributed by atoms with van der Waals surface area (Å²) < 4.78 is 0. The van der Waals surface area contributed by atoms with Crippen molar-refractivity contribution in [1.29, 1.82) is 0 Å². The van der Waals surface area contributed by atoms with Crippen molar-refractivity contribution in [1.82, 2.24) is 0 Å². The van der Waals surface area contributed by atoms with Crippen LogP contribution in [0.4, 0.5) is 0 Å². The van der Waals surface area contributed by atoms with Crippen LogP contribution in [0, 0.1) is 0 Å². The van der Waals surface area contributed by atoms with E-state index in [4.69, 9.17) is 5.11 Å². The first-order chi connectivity index (χ1) is 2.27. The van der Waals surface area contributed by atoms with Gasteiger partial charge in [-0.1, -0.05) is 0 Å². The number of rotatable bonds is 1. The Morgan fingerprint density at radius 1 is 1.57 bits per heavy atom. The summed E-state index contributed by atoms with van der Waals surface area (Å²) in [6.07, 6.45) is 0. The van der Waals surface area contributed by atoms with Gasteiger partial charge >= 0.3 is 5.97 Å². The van der Waals surface area contributed by atoms with Crippen LogP contribution in [0.5, 0.6) is 0 Å². The maximum atomic E-state index is 9.24. The number of hydrogen-bond acceptors (Lipinski definition) is 2. The standard InChI is InChI=1S/C2H5NO2.2K/c3-1-2(4)5;;/h1,3H2,(H,4,5);;. The largest absolute Gasteiger partial charge is 0.480 e. The van der Waals surface area contributed by atoms with Crippen LogP contribution in [-0.2, 0) is 4.79 Å². The molecule has 5 heteroatoms. The minimum absolute atomic E-state index is 0. The quantitative estimate of drug-likeness (QED) is 0.440. The Balaban J connectivity index is -0.0000000800. The molecule has 0 bridgehead atoms. The second kappa shape index (κ2) is 11.5. The van der Waals surface area contributed by atoms with E-state index in [1.807, 2.05) is 0 Å². The number of aliphatic carboxylic acids is 1. The van der Waals surface area contributed by atoms with Crippen LogP contribution in [0.3, 0.4) is 0 Å². The Morgan fingerprint density at radius 2 is 1.71 bits per heavy atom. The fourth-order valence-electron chi connectivity index (χ4n) is 0. The van der Waals surface area contributed by atoms with Gasteiger partial charge in [0.05, 0.1) is 6.54 Å². The van der Waals surface area contributed by atoms with Crippen molar-refractivity contribution in [2.45, 2.75) is 0 Å². The van der Waals surface area contributed by atoms with Crippen molar-refractivity contribution in [3.05, 3.63) is 0 Å². The van der Waals surface area contributed by atoms with Gasteiger partial charge in [-0.05, 0) is 0 Å². The van der Waals surface area contributed by atoms with Crippen LogP contribution in [0.2, 0.25) is 0 Å². The second-order valence-electron chi connectivity index (χ2n) is 0.598. The van der Waals surface area contributed by atoms with E-state index in [0.717, 1.165) is 0 Å². The molecular weight excluding hydrogens is 148 g/mol. The maximum Gasteiger partial charge on any atom is 0.317 e. The van der Waals surface area contributed by atoms with Crippen molar-refractivity contribution in [3.63, 3.8) is 0 Å². The molecule has 0 rings (SSSR count). The molecule has 0 heterocycles. The minimum atomic E-state index is -0.968. The number of carboxylic acids is 1. The topological polar surface area (TPSA) is 63.3 Å². The van der Waals surface area contributed by atoms with Gasteiger partial charge in [-0.3, -0.25) is 4.79 Å². The van der Waals surface area contributed by atoms with Crippen LogP contribution in [0.1, 0.15) is 0 Å². The number of hydrogen-bond donors (Lipinski definition) is 2. The summed E-state index contributed by atoms with van der Waals surface area (Å²) in [4.78, 5) is 9.24. The zero-order valence-electron chi connectivity index (χ0n) is 4.64. The smallest absolute Gasteiger partial charge is 0.317 e. The molecule has 2 radical (unpaired) electrons. The van der Waals surface area contributed by atoms with Crippen molar-refractivity contribution in [3.8, 4) is 0 Å². The monoisotopic (exact) mass is 153 g/mol. The predicted molar refractivity (Wildman–Crippen MR) is 28.2 cm³/mol. The molecule has 0 amide bonds. The summed E-state index contributed by atoms with van der Waals surface area (Å²) in [5.41, 5.74) is 4.57. The van der Waals surface area contributed by atoms with Gasteiger partial charge < -0.3 is 10.8 Å². The summed E-state index contributed by atoms with van der Waals surface area (Å²) in [5.74, 6) is -0.968. The first kappa shape index (κ1) is 16.4. The van der Waals surface area contributed by atoms with E-state index < -0.39 is 5.97 Å². The molecule has 3 N–H and O–H groups in total. The van der Waals surface area contributed by atoms with Gasteiger partial charge in [-0.2, -0.15) is 0 Å².